The number of alkyl halides is 1. The molecular weight excluding hydrogens is 220 g/mol. The number of hydrogen-bond acceptors (Lipinski definition) is 2. The van der Waals surface area contributed by atoms with Crippen molar-refractivity contribution in [1.82, 2.24) is 0 Å². The Hall–Kier alpha value is 0.400. The molecule has 0 spiro atoms. The molecule has 0 aliphatic carbocycles. The van der Waals surface area contributed by atoms with Crippen molar-refractivity contribution >= 4 is 15.9 Å². The third kappa shape index (κ3) is 3.87. The van der Waals surface area contributed by atoms with Crippen LogP contribution in [0.25, 0.3) is 0 Å². The Morgan fingerprint density at radius 1 is 1.58 bits per heavy atom. The van der Waals surface area contributed by atoms with Gasteiger partial charge in [-0.15, -0.1) is 0 Å². The van der Waals surface area contributed by atoms with Gasteiger partial charge in [-0.05, 0) is 32.6 Å². The van der Waals surface area contributed by atoms with E-state index in [1.165, 1.54) is 12.8 Å². The molecule has 0 aromatic carbocycles. The topological polar surface area (TPSA) is 18.5 Å². The summed E-state index contributed by atoms with van der Waals surface area (Å²) < 4.78 is 11.1. The highest BCUT2D eigenvalue weighted by atomic mass is 79.9. The Morgan fingerprint density at radius 2 is 2.42 bits per heavy atom. The van der Waals surface area contributed by atoms with Crippen molar-refractivity contribution in [3.8, 4) is 0 Å². The van der Waals surface area contributed by atoms with E-state index in [0.29, 0.717) is 6.10 Å². The number of hydrogen-bond donors (Lipinski definition) is 0. The molecule has 0 amide bonds. The molecule has 0 bridgehead atoms. The van der Waals surface area contributed by atoms with Crippen LogP contribution in [0.3, 0.4) is 0 Å². The highest BCUT2D eigenvalue weighted by Crippen LogP contribution is 2.16. The van der Waals surface area contributed by atoms with Gasteiger partial charge in [0.1, 0.15) is 0 Å². The lowest BCUT2D eigenvalue weighted by Crippen LogP contribution is -2.26. The van der Waals surface area contributed by atoms with Crippen molar-refractivity contribution < 1.29 is 9.47 Å². The maximum Gasteiger partial charge on any atom is 0.157 e. The van der Waals surface area contributed by atoms with Gasteiger partial charge in [-0.1, -0.05) is 15.9 Å². The average molecular weight is 237 g/mol. The van der Waals surface area contributed by atoms with Gasteiger partial charge in [-0.3, -0.25) is 0 Å². The van der Waals surface area contributed by atoms with Gasteiger partial charge >= 0.3 is 0 Å². The van der Waals surface area contributed by atoms with Crippen LogP contribution in [0, 0.1) is 0 Å². The average Bonchev–Trinajstić information content (AvgIpc) is 2.06. The van der Waals surface area contributed by atoms with Crippen LogP contribution in [0.4, 0.5) is 0 Å². The molecule has 2 nitrogen and oxygen atoms in total. The molecule has 3 heteroatoms. The lowest BCUT2D eigenvalue weighted by atomic mass is 10.2. The first-order chi connectivity index (χ1) is 5.83. The van der Waals surface area contributed by atoms with Crippen LogP contribution >= 0.6 is 15.9 Å². The van der Waals surface area contributed by atoms with Gasteiger partial charge < -0.3 is 9.47 Å². The zero-order valence-corrected chi connectivity index (χ0v) is 9.18. The van der Waals surface area contributed by atoms with Gasteiger partial charge in [0, 0.05) is 11.9 Å². The zero-order chi connectivity index (χ0) is 8.81. The number of halogens is 1. The summed E-state index contributed by atoms with van der Waals surface area (Å²) >= 11 is 3.39. The van der Waals surface area contributed by atoms with Crippen LogP contribution in [0.5, 0.6) is 0 Å². The Bertz CT molecular complexity index is 113. The highest BCUT2D eigenvalue weighted by Gasteiger charge is 2.16. The monoisotopic (exact) mass is 236 g/mol. The minimum Gasteiger partial charge on any atom is -0.353 e. The molecule has 12 heavy (non-hydrogen) atoms. The Kier molecular flexibility index (Phi) is 5.19. The lowest BCUT2D eigenvalue weighted by molar-refractivity contribution is -0.184. The van der Waals surface area contributed by atoms with Gasteiger partial charge in [-0.25, -0.2) is 0 Å². The third-order valence-electron chi connectivity index (χ3n) is 2.04. The maximum absolute atomic E-state index is 5.68. The molecule has 1 heterocycles. The second kappa shape index (κ2) is 5.95. The van der Waals surface area contributed by atoms with Crippen LogP contribution in [-0.2, 0) is 9.47 Å². The van der Waals surface area contributed by atoms with Crippen molar-refractivity contribution in [2.45, 2.75) is 45.0 Å². The highest BCUT2D eigenvalue weighted by molar-refractivity contribution is 9.09. The molecule has 2 atom stereocenters. The molecule has 0 aromatic rings. The van der Waals surface area contributed by atoms with E-state index in [1.807, 2.05) is 0 Å². The van der Waals surface area contributed by atoms with Crippen LogP contribution in [0.15, 0.2) is 0 Å². The third-order valence-corrected chi connectivity index (χ3v) is 2.50. The summed E-state index contributed by atoms with van der Waals surface area (Å²) in [5, 5.41) is 1.00. The minimum absolute atomic E-state index is 0.0628. The van der Waals surface area contributed by atoms with Gasteiger partial charge in [0.2, 0.25) is 0 Å². The second-order valence-electron chi connectivity index (χ2n) is 3.22. The van der Waals surface area contributed by atoms with Crippen molar-refractivity contribution in [3.05, 3.63) is 0 Å². The number of rotatable bonds is 4. The fourth-order valence-corrected chi connectivity index (χ4v) is 1.94. The molecule has 72 valence electrons. The van der Waals surface area contributed by atoms with E-state index in [4.69, 9.17) is 9.47 Å². The molecular formula is C9H17BrO2. The Balaban J connectivity index is 2.11. The molecule has 0 N–H and O–H groups in total. The molecule has 0 aromatic heterocycles. The fraction of sp³-hybridized carbons (Fsp3) is 1.00. The molecule has 2 unspecified atom stereocenters. The fourth-order valence-electron chi connectivity index (χ4n) is 1.30. The largest absolute Gasteiger partial charge is 0.353 e. The van der Waals surface area contributed by atoms with Gasteiger partial charge in [0.05, 0.1) is 6.10 Å². The summed E-state index contributed by atoms with van der Waals surface area (Å²) in [6.07, 6.45) is 4.92. The molecule has 1 fully saturated rings. The van der Waals surface area contributed by atoms with E-state index < -0.39 is 0 Å². The van der Waals surface area contributed by atoms with Crippen LogP contribution in [-0.4, -0.2) is 24.3 Å². The molecule has 1 aliphatic rings. The summed E-state index contributed by atoms with van der Waals surface area (Å²) in [5.74, 6) is 0. The predicted molar refractivity (Wildman–Crippen MR) is 52.5 cm³/mol. The summed E-state index contributed by atoms with van der Waals surface area (Å²) in [6.45, 7) is 2.96. The Labute approximate surface area is 82.7 Å². The SMILES string of the molecule is CC(CCBr)OC1CCCCO1. The summed E-state index contributed by atoms with van der Waals surface area (Å²) in [6, 6.07) is 0. The van der Waals surface area contributed by atoms with Crippen LogP contribution in [0.2, 0.25) is 0 Å². The Morgan fingerprint density at radius 3 is 3.00 bits per heavy atom. The first kappa shape index (κ1) is 10.5. The zero-order valence-electron chi connectivity index (χ0n) is 7.59. The van der Waals surface area contributed by atoms with Crippen molar-refractivity contribution in [1.29, 1.82) is 0 Å². The first-order valence-electron chi connectivity index (χ1n) is 4.66. The molecule has 1 rings (SSSR count). The quantitative estimate of drug-likeness (QED) is 0.700. The van der Waals surface area contributed by atoms with Gasteiger partial charge in [0.15, 0.2) is 6.29 Å². The maximum atomic E-state index is 5.68. The molecule has 1 saturated heterocycles. The van der Waals surface area contributed by atoms with E-state index in [0.717, 1.165) is 24.8 Å². The molecule has 0 radical (unpaired) electrons. The first-order valence-corrected chi connectivity index (χ1v) is 5.78. The summed E-state index contributed by atoms with van der Waals surface area (Å²) in [5.41, 5.74) is 0. The van der Waals surface area contributed by atoms with E-state index in [-0.39, 0.29) is 6.29 Å². The second-order valence-corrected chi connectivity index (χ2v) is 4.01. The van der Waals surface area contributed by atoms with E-state index in [1.54, 1.807) is 0 Å². The lowest BCUT2D eigenvalue weighted by Gasteiger charge is -2.25. The van der Waals surface area contributed by atoms with Crippen molar-refractivity contribution in [3.63, 3.8) is 0 Å². The van der Waals surface area contributed by atoms with Gasteiger partial charge in [-0.2, -0.15) is 0 Å². The van der Waals surface area contributed by atoms with Crippen molar-refractivity contribution in [2.24, 2.45) is 0 Å². The molecule has 0 saturated carbocycles. The predicted octanol–water partition coefficient (Wildman–Crippen LogP) is 2.70. The number of ether oxygens (including phenoxy) is 2. The normalized spacial score (nSPS) is 27.0. The molecule has 1 aliphatic heterocycles. The smallest absolute Gasteiger partial charge is 0.157 e. The van der Waals surface area contributed by atoms with Crippen LogP contribution < -0.4 is 0 Å². The van der Waals surface area contributed by atoms with E-state index in [9.17, 15) is 0 Å². The van der Waals surface area contributed by atoms with E-state index >= 15 is 0 Å². The van der Waals surface area contributed by atoms with Crippen LogP contribution in [0.1, 0.15) is 32.6 Å². The minimum atomic E-state index is 0.0628. The van der Waals surface area contributed by atoms with E-state index in [2.05, 4.69) is 22.9 Å². The van der Waals surface area contributed by atoms with Gasteiger partial charge in [0.25, 0.3) is 0 Å². The van der Waals surface area contributed by atoms with Crippen molar-refractivity contribution in [2.75, 3.05) is 11.9 Å². The summed E-state index contributed by atoms with van der Waals surface area (Å²) in [4.78, 5) is 0. The summed E-state index contributed by atoms with van der Waals surface area (Å²) in [7, 11) is 0. The standard InChI is InChI=1S/C9H17BrO2/c1-8(5-6-10)12-9-4-2-3-7-11-9/h8-9H,2-7H2,1H3.